The van der Waals surface area contributed by atoms with Crippen LogP contribution in [0, 0.1) is 0 Å². The molecule has 0 bridgehead atoms. The fourth-order valence-electron chi connectivity index (χ4n) is 2.09. The monoisotopic (exact) mass is 208 g/mol. The molecule has 2 aromatic rings. The molecule has 1 unspecified atom stereocenters. The van der Waals surface area contributed by atoms with E-state index in [1.807, 2.05) is 18.2 Å². The molecule has 1 atom stereocenters. The summed E-state index contributed by atoms with van der Waals surface area (Å²) in [6.07, 6.45) is 3.87. The maximum absolute atomic E-state index is 5.49. The lowest BCUT2D eigenvalue weighted by Gasteiger charge is -2.20. The Morgan fingerprint density at radius 3 is 2.44 bits per heavy atom. The summed E-state index contributed by atoms with van der Waals surface area (Å²) in [5.74, 6) is 1.27. The fourth-order valence-corrected chi connectivity index (χ4v) is 2.09. The van der Waals surface area contributed by atoms with Gasteiger partial charge in [-0.3, -0.25) is 0 Å². The van der Waals surface area contributed by atoms with Gasteiger partial charge in [0.05, 0.1) is 6.26 Å². The van der Waals surface area contributed by atoms with Gasteiger partial charge in [-0.15, -0.1) is 0 Å². The molecular weight excluding hydrogens is 196 g/mol. The summed E-state index contributed by atoms with van der Waals surface area (Å²) < 4.78 is 5.49. The van der Waals surface area contributed by atoms with Gasteiger partial charge in [0.15, 0.2) is 0 Å². The molecular formula is C15H12O. The third kappa shape index (κ3) is 1.50. The number of para-hydroxylation sites is 1. The maximum atomic E-state index is 5.49. The van der Waals surface area contributed by atoms with Crippen molar-refractivity contribution in [3.8, 4) is 5.75 Å². The SMILES string of the molecule is C1=CC(c2ccccc2)c2ccccc2O1. The molecule has 78 valence electrons. The van der Waals surface area contributed by atoms with E-state index in [1.165, 1.54) is 11.1 Å². The van der Waals surface area contributed by atoms with Crippen LogP contribution in [0.5, 0.6) is 5.75 Å². The van der Waals surface area contributed by atoms with Crippen LogP contribution in [0.15, 0.2) is 66.9 Å². The highest BCUT2D eigenvalue weighted by atomic mass is 16.5. The van der Waals surface area contributed by atoms with E-state index in [0.717, 1.165) is 5.75 Å². The van der Waals surface area contributed by atoms with Crippen LogP contribution in [0.2, 0.25) is 0 Å². The van der Waals surface area contributed by atoms with E-state index in [2.05, 4.69) is 42.5 Å². The molecule has 0 radical (unpaired) electrons. The summed E-state index contributed by atoms with van der Waals surface area (Å²) in [5.41, 5.74) is 2.53. The highest BCUT2D eigenvalue weighted by Crippen LogP contribution is 2.35. The predicted molar refractivity (Wildman–Crippen MR) is 64.5 cm³/mol. The van der Waals surface area contributed by atoms with Crippen molar-refractivity contribution in [2.24, 2.45) is 0 Å². The van der Waals surface area contributed by atoms with Crippen LogP contribution in [0.4, 0.5) is 0 Å². The number of hydrogen-bond donors (Lipinski definition) is 0. The zero-order valence-electron chi connectivity index (χ0n) is 8.84. The van der Waals surface area contributed by atoms with Crippen molar-refractivity contribution in [2.45, 2.75) is 5.92 Å². The third-order valence-corrected chi connectivity index (χ3v) is 2.88. The van der Waals surface area contributed by atoms with E-state index in [1.54, 1.807) is 6.26 Å². The molecule has 0 N–H and O–H groups in total. The molecule has 16 heavy (non-hydrogen) atoms. The molecule has 0 fully saturated rings. The number of benzene rings is 2. The quantitative estimate of drug-likeness (QED) is 0.694. The van der Waals surface area contributed by atoms with Crippen molar-refractivity contribution >= 4 is 0 Å². The van der Waals surface area contributed by atoms with Gasteiger partial charge in [0.25, 0.3) is 0 Å². The van der Waals surface area contributed by atoms with Crippen LogP contribution in [0.1, 0.15) is 17.0 Å². The first-order chi connectivity index (χ1) is 7.95. The summed E-state index contributed by atoms with van der Waals surface area (Å²) in [5, 5.41) is 0. The average Bonchev–Trinajstić information content (AvgIpc) is 2.39. The Kier molecular flexibility index (Phi) is 2.22. The van der Waals surface area contributed by atoms with Crippen LogP contribution < -0.4 is 4.74 Å². The minimum Gasteiger partial charge on any atom is -0.465 e. The van der Waals surface area contributed by atoms with Gasteiger partial charge in [-0.2, -0.15) is 0 Å². The summed E-state index contributed by atoms with van der Waals surface area (Å²) in [7, 11) is 0. The molecule has 0 saturated heterocycles. The molecule has 0 aromatic heterocycles. The van der Waals surface area contributed by atoms with E-state index in [4.69, 9.17) is 4.74 Å². The Labute approximate surface area is 95.0 Å². The van der Waals surface area contributed by atoms with Gasteiger partial charge in [0, 0.05) is 11.5 Å². The zero-order chi connectivity index (χ0) is 10.8. The highest BCUT2D eigenvalue weighted by molar-refractivity contribution is 5.47. The summed E-state index contributed by atoms with van der Waals surface area (Å²) in [4.78, 5) is 0. The molecule has 0 amide bonds. The van der Waals surface area contributed by atoms with Crippen molar-refractivity contribution in [1.82, 2.24) is 0 Å². The van der Waals surface area contributed by atoms with Crippen LogP contribution in [0.3, 0.4) is 0 Å². The Bertz CT molecular complexity index is 514. The molecule has 0 spiro atoms. The van der Waals surface area contributed by atoms with Crippen molar-refractivity contribution in [3.05, 3.63) is 78.1 Å². The second-order valence-electron chi connectivity index (χ2n) is 3.87. The Morgan fingerprint density at radius 1 is 0.812 bits per heavy atom. The van der Waals surface area contributed by atoms with Gasteiger partial charge in [-0.25, -0.2) is 0 Å². The summed E-state index contributed by atoms with van der Waals surface area (Å²) in [6.45, 7) is 0. The molecule has 0 aliphatic carbocycles. The van der Waals surface area contributed by atoms with Gasteiger partial charge in [0.1, 0.15) is 5.75 Å². The van der Waals surface area contributed by atoms with E-state index in [0.29, 0.717) is 5.92 Å². The Morgan fingerprint density at radius 2 is 1.56 bits per heavy atom. The van der Waals surface area contributed by atoms with Crippen LogP contribution in [-0.4, -0.2) is 0 Å². The minimum absolute atomic E-state index is 0.311. The number of ether oxygens (including phenoxy) is 1. The van der Waals surface area contributed by atoms with Gasteiger partial charge in [0.2, 0.25) is 0 Å². The minimum atomic E-state index is 0.311. The second-order valence-corrected chi connectivity index (χ2v) is 3.87. The summed E-state index contributed by atoms with van der Waals surface area (Å²) in [6, 6.07) is 18.7. The average molecular weight is 208 g/mol. The first-order valence-corrected chi connectivity index (χ1v) is 5.42. The molecule has 1 aliphatic rings. The van der Waals surface area contributed by atoms with Crippen LogP contribution in [0.25, 0.3) is 0 Å². The fraction of sp³-hybridized carbons (Fsp3) is 0.0667. The normalized spacial score (nSPS) is 17.6. The molecule has 2 aromatic carbocycles. The molecule has 0 saturated carbocycles. The summed E-state index contributed by atoms with van der Waals surface area (Å²) >= 11 is 0. The number of hydrogen-bond acceptors (Lipinski definition) is 1. The Balaban J connectivity index is 2.09. The van der Waals surface area contributed by atoms with E-state index < -0.39 is 0 Å². The van der Waals surface area contributed by atoms with Crippen LogP contribution >= 0.6 is 0 Å². The maximum Gasteiger partial charge on any atom is 0.130 e. The Hall–Kier alpha value is -2.02. The van der Waals surface area contributed by atoms with Crippen LogP contribution in [-0.2, 0) is 0 Å². The number of allylic oxidation sites excluding steroid dienone is 1. The molecule has 1 nitrogen and oxygen atoms in total. The highest BCUT2D eigenvalue weighted by Gasteiger charge is 2.18. The van der Waals surface area contributed by atoms with E-state index in [9.17, 15) is 0 Å². The van der Waals surface area contributed by atoms with Gasteiger partial charge >= 0.3 is 0 Å². The molecule has 1 heterocycles. The van der Waals surface area contributed by atoms with Gasteiger partial charge in [-0.1, -0.05) is 48.5 Å². The first-order valence-electron chi connectivity index (χ1n) is 5.42. The largest absolute Gasteiger partial charge is 0.465 e. The van der Waals surface area contributed by atoms with Crippen molar-refractivity contribution in [1.29, 1.82) is 0 Å². The lowest BCUT2D eigenvalue weighted by atomic mass is 9.90. The zero-order valence-corrected chi connectivity index (χ0v) is 8.84. The van der Waals surface area contributed by atoms with E-state index >= 15 is 0 Å². The van der Waals surface area contributed by atoms with Crippen molar-refractivity contribution in [3.63, 3.8) is 0 Å². The number of fused-ring (bicyclic) bond motifs is 1. The lowest BCUT2D eigenvalue weighted by molar-refractivity contribution is 0.459. The van der Waals surface area contributed by atoms with Crippen molar-refractivity contribution < 1.29 is 4.74 Å². The standard InChI is InChI=1S/C15H12O/c1-2-6-12(7-3-1)13-10-11-16-15-9-5-4-8-14(13)15/h1-11,13H. The predicted octanol–water partition coefficient (Wildman–Crippen LogP) is 3.72. The second kappa shape index (κ2) is 3.86. The first kappa shape index (κ1) is 9.22. The smallest absolute Gasteiger partial charge is 0.130 e. The van der Waals surface area contributed by atoms with Crippen molar-refractivity contribution in [2.75, 3.05) is 0 Å². The molecule has 3 rings (SSSR count). The molecule has 1 heteroatoms. The van der Waals surface area contributed by atoms with Gasteiger partial charge < -0.3 is 4.74 Å². The third-order valence-electron chi connectivity index (χ3n) is 2.88. The van der Waals surface area contributed by atoms with Gasteiger partial charge in [-0.05, 0) is 17.7 Å². The topological polar surface area (TPSA) is 9.23 Å². The van der Waals surface area contributed by atoms with E-state index in [-0.39, 0.29) is 0 Å². The number of rotatable bonds is 1. The molecule has 1 aliphatic heterocycles. The lowest BCUT2D eigenvalue weighted by Crippen LogP contribution is -2.04.